The highest BCUT2D eigenvalue weighted by molar-refractivity contribution is 5.97. The van der Waals surface area contributed by atoms with Crippen LogP contribution in [-0.4, -0.2) is 40.9 Å². The molecular weight excluding hydrogens is 360 g/mol. The number of aryl methyl sites for hydroxylation is 1. The Morgan fingerprint density at radius 1 is 1.14 bits per heavy atom. The number of aromatic nitrogens is 2. The number of benzene rings is 2. The molecule has 5 nitrogen and oxygen atoms in total. The third-order valence-corrected chi connectivity index (χ3v) is 6.54. The summed E-state index contributed by atoms with van der Waals surface area (Å²) in [6.07, 6.45) is 5.47. The van der Waals surface area contributed by atoms with Crippen LogP contribution in [0.2, 0.25) is 0 Å². The van der Waals surface area contributed by atoms with Crippen molar-refractivity contribution in [3.8, 4) is 0 Å². The molecule has 5 heteroatoms. The zero-order valence-corrected chi connectivity index (χ0v) is 16.9. The molecule has 0 unspecified atom stereocenters. The SMILES string of the molecule is CN1CCC(c2nc3ccc(C(=O)N[C@@H]4CCCc5ccccc54)cc3[nH]2)CC1. The number of rotatable bonds is 3. The van der Waals surface area contributed by atoms with E-state index in [-0.39, 0.29) is 11.9 Å². The normalized spacial score (nSPS) is 20.5. The van der Waals surface area contributed by atoms with Crippen LogP contribution in [0.3, 0.4) is 0 Å². The van der Waals surface area contributed by atoms with Gasteiger partial charge in [-0.05, 0) is 81.6 Å². The maximum absolute atomic E-state index is 13.0. The molecule has 0 bridgehead atoms. The van der Waals surface area contributed by atoms with Crippen molar-refractivity contribution < 1.29 is 4.79 Å². The molecule has 1 amide bonds. The highest BCUT2D eigenvalue weighted by atomic mass is 16.1. The number of aromatic amines is 1. The van der Waals surface area contributed by atoms with Gasteiger partial charge in [0, 0.05) is 11.5 Å². The minimum absolute atomic E-state index is 0.0101. The van der Waals surface area contributed by atoms with E-state index in [2.05, 4.69) is 46.5 Å². The molecule has 150 valence electrons. The minimum Gasteiger partial charge on any atom is -0.345 e. The second kappa shape index (κ2) is 7.64. The Hall–Kier alpha value is -2.66. The summed E-state index contributed by atoms with van der Waals surface area (Å²) in [6, 6.07) is 14.4. The van der Waals surface area contributed by atoms with Crippen LogP contribution >= 0.6 is 0 Å². The Morgan fingerprint density at radius 3 is 2.83 bits per heavy atom. The monoisotopic (exact) mass is 388 g/mol. The number of likely N-dealkylation sites (tertiary alicyclic amines) is 1. The number of fused-ring (bicyclic) bond motifs is 2. The molecule has 1 saturated heterocycles. The quantitative estimate of drug-likeness (QED) is 0.708. The van der Waals surface area contributed by atoms with Crippen LogP contribution in [0.1, 0.15) is 65.0 Å². The van der Waals surface area contributed by atoms with E-state index in [9.17, 15) is 4.79 Å². The van der Waals surface area contributed by atoms with Crippen LogP contribution in [0, 0.1) is 0 Å². The molecular formula is C24H28N4O. The van der Waals surface area contributed by atoms with Crippen molar-refractivity contribution >= 4 is 16.9 Å². The van der Waals surface area contributed by atoms with Crippen LogP contribution in [0.15, 0.2) is 42.5 Å². The Kier molecular flexibility index (Phi) is 4.84. The van der Waals surface area contributed by atoms with Gasteiger partial charge in [0.25, 0.3) is 5.91 Å². The van der Waals surface area contributed by atoms with Crippen molar-refractivity contribution in [2.75, 3.05) is 20.1 Å². The number of nitrogens with one attached hydrogen (secondary N) is 2. The second-order valence-corrected chi connectivity index (χ2v) is 8.55. The number of piperidine rings is 1. The lowest BCUT2D eigenvalue weighted by Gasteiger charge is -2.27. The summed E-state index contributed by atoms with van der Waals surface area (Å²) in [7, 11) is 2.17. The van der Waals surface area contributed by atoms with Crippen molar-refractivity contribution in [1.29, 1.82) is 0 Å². The molecule has 2 heterocycles. The summed E-state index contributed by atoms with van der Waals surface area (Å²) in [5.74, 6) is 1.53. The van der Waals surface area contributed by atoms with E-state index in [4.69, 9.17) is 4.98 Å². The Morgan fingerprint density at radius 2 is 1.97 bits per heavy atom. The lowest BCUT2D eigenvalue weighted by molar-refractivity contribution is 0.0933. The number of amides is 1. The number of hydrogen-bond donors (Lipinski definition) is 2. The third-order valence-electron chi connectivity index (χ3n) is 6.54. The van der Waals surface area contributed by atoms with Gasteiger partial charge in [0.1, 0.15) is 5.82 Å². The van der Waals surface area contributed by atoms with Gasteiger partial charge in [-0.2, -0.15) is 0 Å². The third kappa shape index (κ3) is 3.67. The molecule has 1 atom stereocenters. The molecule has 0 radical (unpaired) electrons. The molecule has 1 fully saturated rings. The van der Waals surface area contributed by atoms with Gasteiger partial charge < -0.3 is 15.2 Å². The highest BCUT2D eigenvalue weighted by Gasteiger charge is 2.23. The lowest BCUT2D eigenvalue weighted by Crippen LogP contribution is -2.30. The van der Waals surface area contributed by atoms with Gasteiger partial charge in [0.2, 0.25) is 0 Å². The molecule has 5 rings (SSSR count). The molecule has 29 heavy (non-hydrogen) atoms. The van der Waals surface area contributed by atoms with Gasteiger partial charge >= 0.3 is 0 Å². The van der Waals surface area contributed by atoms with Crippen molar-refractivity contribution in [3.05, 3.63) is 65.0 Å². The first kappa shape index (κ1) is 18.4. The summed E-state index contributed by atoms with van der Waals surface area (Å²) in [5.41, 5.74) is 5.21. The van der Waals surface area contributed by atoms with Gasteiger partial charge in [-0.1, -0.05) is 24.3 Å². The minimum atomic E-state index is -0.0101. The summed E-state index contributed by atoms with van der Waals surface area (Å²) in [5, 5.41) is 3.25. The number of H-pyrrole nitrogens is 1. The molecule has 0 spiro atoms. The fourth-order valence-corrected chi connectivity index (χ4v) is 4.79. The number of carbonyl (C=O) groups is 1. The number of hydrogen-bond acceptors (Lipinski definition) is 3. The van der Waals surface area contributed by atoms with Crippen molar-refractivity contribution in [1.82, 2.24) is 20.2 Å². The predicted octanol–water partition coefficient (Wildman–Crippen LogP) is 4.18. The number of imidazole rings is 1. The molecule has 2 aromatic carbocycles. The van der Waals surface area contributed by atoms with Crippen LogP contribution in [0.5, 0.6) is 0 Å². The zero-order valence-electron chi connectivity index (χ0n) is 16.9. The van der Waals surface area contributed by atoms with Gasteiger partial charge in [-0.3, -0.25) is 4.79 Å². The largest absolute Gasteiger partial charge is 0.345 e. The molecule has 2 N–H and O–H groups in total. The molecule has 1 aliphatic heterocycles. The first-order valence-corrected chi connectivity index (χ1v) is 10.7. The lowest BCUT2D eigenvalue weighted by atomic mass is 9.87. The molecule has 2 aliphatic rings. The Bertz CT molecular complexity index is 1030. The fraction of sp³-hybridized carbons (Fsp3) is 0.417. The van der Waals surface area contributed by atoms with Gasteiger partial charge in [0.15, 0.2) is 0 Å². The van der Waals surface area contributed by atoms with Crippen LogP contribution in [0.4, 0.5) is 0 Å². The van der Waals surface area contributed by atoms with E-state index in [1.165, 1.54) is 11.1 Å². The number of nitrogens with zero attached hydrogens (tertiary/aromatic N) is 2. The van der Waals surface area contributed by atoms with Crippen molar-refractivity contribution in [2.24, 2.45) is 0 Å². The van der Waals surface area contributed by atoms with Crippen molar-refractivity contribution in [3.63, 3.8) is 0 Å². The number of carbonyl (C=O) groups excluding carboxylic acids is 1. The first-order chi connectivity index (χ1) is 14.2. The van der Waals surface area contributed by atoms with E-state index in [1.807, 2.05) is 18.2 Å². The van der Waals surface area contributed by atoms with Gasteiger partial charge in [0.05, 0.1) is 17.1 Å². The maximum atomic E-state index is 13.0. The molecule has 1 aromatic heterocycles. The van der Waals surface area contributed by atoms with Crippen LogP contribution in [-0.2, 0) is 6.42 Å². The van der Waals surface area contributed by atoms with E-state index in [0.29, 0.717) is 11.5 Å². The fourth-order valence-electron chi connectivity index (χ4n) is 4.79. The smallest absolute Gasteiger partial charge is 0.251 e. The molecule has 3 aromatic rings. The summed E-state index contributed by atoms with van der Waals surface area (Å²) < 4.78 is 0. The summed E-state index contributed by atoms with van der Waals surface area (Å²) in [4.78, 5) is 23.6. The zero-order chi connectivity index (χ0) is 19.8. The average Bonchev–Trinajstić information content (AvgIpc) is 3.18. The maximum Gasteiger partial charge on any atom is 0.251 e. The van der Waals surface area contributed by atoms with E-state index in [1.54, 1.807) is 0 Å². The average molecular weight is 389 g/mol. The van der Waals surface area contributed by atoms with Crippen molar-refractivity contribution in [2.45, 2.75) is 44.1 Å². The highest BCUT2D eigenvalue weighted by Crippen LogP contribution is 2.30. The van der Waals surface area contributed by atoms with Crippen LogP contribution < -0.4 is 5.32 Å². The first-order valence-electron chi connectivity index (χ1n) is 10.7. The Balaban J connectivity index is 1.35. The molecule has 1 aliphatic carbocycles. The second-order valence-electron chi connectivity index (χ2n) is 8.55. The van der Waals surface area contributed by atoms with E-state index in [0.717, 1.165) is 62.1 Å². The standard InChI is InChI=1S/C24H28N4O/c1-28-13-11-17(12-14-28)23-25-21-10-9-18(15-22(21)26-23)24(29)27-20-8-4-6-16-5-2-3-7-19(16)20/h2-3,5,7,9-10,15,17,20H,4,6,8,11-14H2,1H3,(H,25,26)(H,27,29)/t20-/m1/s1. The summed E-state index contributed by atoms with van der Waals surface area (Å²) in [6.45, 7) is 2.22. The van der Waals surface area contributed by atoms with E-state index >= 15 is 0 Å². The van der Waals surface area contributed by atoms with E-state index < -0.39 is 0 Å². The van der Waals surface area contributed by atoms with Crippen LogP contribution in [0.25, 0.3) is 11.0 Å². The van der Waals surface area contributed by atoms with Gasteiger partial charge in [-0.25, -0.2) is 4.98 Å². The Labute approximate surface area is 171 Å². The summed E-state index contributed by atoms with van der Waals surface area (Å²) >= 11 is 0. The topological polar surface area (TPSA) is 61.0 Å². The predicted molar refractivity (Wildman–Crippen MR) is 115 cm³/mol. The molecule has 0 saturated carbocycles. The van der Waals surface area contributed by atoms with Gasteiger partial charge in [-0.15, -0.1) is 0 Å².